The van der Waals surface area contributed by atoms with Crippen molar-refractivity contribution < 1.29 is 14.3 Å². The molecule has 1 aliphatic heterocycles. The van der Waals surface area contributed by atoms with Gasteiger partial charge in [-0.1, -0.05) is 30.3 Å². The zero-order chi connectivity index (χ0) is 20.2. The summed E-state index contributed by atoms with van der Waals surface area (Å²) < 4.78 is 11.6. The minimum atomic E-state index is -0.242. The summed E-state index contributed by atoms with van der Waals surface area (Å²) >= 11 is 0. The number of likely N-dealkylation sites (tertiary alicyclic amines) is 1. The molecule has 7 nitrogen and oxygen atoms in total. The summed E-state index contributed by atoms with van der Waals surface area (Å²) in [6, 6.07) is 13.6. The van der Waals surface area contributed by atoms with Gasteiger partial charge in [0.25, 0.3) is 11.8 Å². The zero-order valence-corrected chi connectivity index (χ0v) is 16.0. The average Bonchev–Trinajstić information content (AvgIpc) is 3.22. The van der Waals surface area contributed by atoms with Crippen LogP contribution in [0.2, 0.25) is 0 Å². The molecule has 1 unspecified atom stereocenters. The number of carbonyl (C=O) groups excluding carboxylic acids is 1. The number of aromatic nitrogens is 2. The smallest absolute Gasteiger partial charge is 0.258 e. The number of nitriles is 1. The lowest BCUT2D eigenvalue weighted by Gasteiger charge is -2.20. The number of nitrogens with zero attached hydrogens (tertiary/aromatic N) is 4. The van der Waals surface area contributed by atoms with Crippen LogP contribution < -0.4 is 9.47 Å². The Morgan fingerprint density at radius 2 is 2.07 bits per heavy atom. The largest absolute Gasteiger partial charge is 0.493 e. The summed E-state index contributed by atoms with van der Waals surface area (Å²) in [5.74, 6) is 0.701. The van der Waals surface area contributed by atoms with E-state index < -0.39 is 0 Å². The van der Waals surface area contributed by atoms with Crippen molar-refractivity contribution in [2.45, 2.75) is 19.4 Å². The first-order chi connectivity index (χ1) is 14.2. The first-order valence-electron chi connectivity index (χ1n) is 9.53. The summed E-state index contributed by atoms with van der Waals surface area (Å²) in [6.45, 7) is 3.35. The molecule has 1 amide bonds. The molecule has 1 aromatic heterocycles. The fourth-order valence-corrected chi connectivity index (χ4v) is 3.56. The summed E-state index contributed by atoms with van der Waals surface area (Å²) in [5, 5.41) is 11.0. The Labute approximate surface area is 168 Å². The molecule has 0 radical (unpaired) electrons. The highest BCUT2D eigenvalue weighted by Crippen LogP contribution is 2.31. The van der Waals surface area contributed by atoms with Crippen LogP contribution in [0.4, 0.5) is 0 Å². The van der Waals surface area contributed by atoms with Crippen LogP contribution in [0.1, 0.15) is 29.4 Å². The van der Waals surface area contributed by atoms with Gasteiger partial charge in [0.15, 0.2) is 0 Å². The van der Waals surface area contributed by atoms with Crippen LogP contribution in [0.3, 0.4) is 0 Å². The molecule has 4 rings (SSSR count). The molecule has 2 aromatic carbocycles. The highest BCUT2D eigenvalue weighted by Gasteiger charge is 2.31. The van der Waals surface area contributed by atoms with Gasteiger partial charge in [0.05, 0.1) is 18.7 Å². The maximum Gasteiger partial charge on any atom is 0.258 e. The maximum absolute atomic E-state index is 13.4. The van der Waals surface area contributed by atoms with E-state index in [1.165, 1.54) is 12.4 Å². The molecular formula is C22H20N4O3. The average molecular weight is 388 g/mol. The normalized spacial score (nSPS) is 15.9. The number of carbonyl (C=O) groups is 1. The lowest BCUT2D eigenvalue weighted by atomic mass is 10.0. The van der Waals surface area contributed by atoms with Crippen LogP contribution in [0.5, 0.6) is 11.6 Å². The van der Waals surface area contributed by atoms with Crippen molar-refractivity contribution in [1.82, 2.24) is 14.9 Å². The number of rotatable bonds is 5. The van der Waals surface area contributed by atoms with Crippen LogP contribution >= 0.6 is 0 Å². The molecule has 29 heavy (non-hydrogen) atoms. The van der Waals surface area contributed by atoms with E-state index in [9.17, 15) is 4.79 Å². The summed E-state index contributed by atoms with van der Waals surface area (Å²) in [5.41, 5.74) is 0.716. The molecule has 1 atom stereocenters. The minimum absolute atomic E-state index is 0.0870. The van der Waals surface area contributed by atoms with Gasteiger partial charge in [0.2, 0.25) is 5.69 Å². The van der Waals surface area contributed by atoms with E-state index in [1.807, 2.05) is 49.4 Å². The fraction of sp³-hybridized carbons (Fsp3) is 0.273. The van der Waals surface area contributed by atoms with Crippen molar-refractivity contribution in [2.24, 2.45) is 0 Å². The van der Waals surface area contributed by atoms with Crippen LogP contribution in [0.15, 0.2) is 48.8 Å². The summed E-state index contributed by atoms with van der Waals surface area (Å²) in [6.07, 6.45) is 3.35. The van der Waals surface area contributed by atoms with Crippen molar-refractivity contribution >= 4 is 16.7 Å². The number of ether oxygens (including phenoxy) is 2. The van der Waals surface area contributed by atoms with Gasteiger partial charge in [-0.3, -0.25) is 4.79 Å². The summed E-state index contributed by atoms with van der Waals surface area (Å²) in [4.78, 5) is 23.2. The maximum atomic E-state index is 13.4. The van der Waals surface area contributed by atoms with Gasteiger partial charge in [-0.25, -0.2) is 9.97 Å². The second-order valence-corrected chi connectivity index (χ2v) is 6.69. The third-order valence-corrected chi connectivity index (χ3v) is 4.89. The molecule has 0 N–H and O–H groups in total. The highest BCUT2D eigenvalue weighted by molar-refractivity contribution is 6.09. The second kappa shape index (κ2) is 8.15. The first kappa shape index (κ1) is 18.7. The molecule has 7 heteroatoms. The molecule has 0 saturated carbocycles. The fourth-order valence-electron chi connectivity index (χ4n) is 3.56. The van der Waals surface area contributed by atoms with E-state index in [0.717, 1.165) is 10.8 Å². The topological polar surface area (TPSA) is 88.3 Å². The molecule has 1 aliphatic rings. The monoisotopic (exact) mass is 388 g/mol. The molecule has 3 aromatic rings. The standard InChI is InChI=1S/C22H20N4O3/c1-2-28-19-8-7-15-5-3-4-6-17(15)20(19)22(27)26-12-9-16(14-26)29-21-18(13-23)24-10-11-25-21/h3-8,10-11,16H,2,9,12,14H2,1H3. The SMILES string of the molecule is CCOc1ccc2ccccc2c1C(=O)N1CCC(Oc2nccnc2C#N)C1. The molecule has 146 valence electrons. The minimum Gasteiger partial charge on any atom is -0.493 e. The van der Waals surface area contributed by atoms with Crippen LogP contribution in [-0.2, 0) is 0 Å². The Morgan fingerprint density at radius 3 is 2.90 bits per heavy atom. The van der Waals surface area contributed by atoms with Crippen LogP contribution in [0.25, 0.3) is 10.8 Å². The molecule has 1 saturated heterocycles. The molecular weight excluding hydrogens is 368 g/mol. The van der Waals surface area contributed by atoms with Crippen molar-refractivity contribution in [1.29, 1.82) is 5.26 Å². The molecule has 1 fully saturated rings. The summed E-state index contributed by atoms with van der Waals surface area (Å²) in [7, 11) is 0. The predicted molar refractivity (Wildman–Crippen MR) is 107 cm³/mol. The Balaban J connectivity index is 1.58. The molecule has 0 spiro atoms. The third kappa shape index (κ3) is 3.69. The van der Waals surface area contributed by atoms with E-state index in [-0.39, 0.29) is 23.6 Å². The lowest BCUT2D eigenvalue weighted by Crippen LogP contribution is -2.31. The predicted octanol–water partition coefficient (Wildman–Crippen LogP) is 3.19. The van der Waals surface area contributed by atoms with Gasteiger partial charge >= 0.3 is 0 Å². The van der Waals surface area contributed by atoms with Gasteiger partial charge in [-0.05, 0) is 23.8 Å². The van der Waals surface area contributed by atoms with E-state index in [0.29, 0.717) is 37.4 Å². The molecule has 0 aliphatic carbocycles. The van der Waals surface area contributed by atoms with Crippen molar-refractivity contribution in [2.75, 3.05) is 19.7 Å². The van der Waals surface area contributed by atoms with Gasteiger partial charge < -0.3 is 14.4 Å². The number of fused-ring (bicyclic) bond motifs is 1. The van der Waals surface area contributed by atoms with Crippen molar-refractivity contribution in [3.05, 3.63) is 60.0 Å². The van der Waals surface area contributed by atoms with Gasteiger partial charge in [-0.2, -0.15) is 5.26 Å². The lowest BCUT2D eigenvalue weighted by molar-refractivity contribution is 0.0769. The molecule has 0 bridgehead atoms. The number of benzene rings is 2. The Bertz CT molecular complexity index is 1090. The van der Waals surface area contributed by atoms with Gasteiger partial charge in [-0.15, -0.1) is 0 Å². The van der Waals surface area contributed by atoms with Gasteiger partial charge in [0.1, 0.15) is 17.9 Å². The van der Waals surface area contributed by atoms with Gasteiger partial charge in [0, 0.05) is 25.4 Å². The number of amides is 1. The first-order valence-corrected chi connectivity index (χ1v) is 9.53. The Morgan fingerprint density at radius 1 is 1.24 bits per heavy atom. The quantitative estimate of drug-likeness (QED) is 0.667. The van der Waals surface area contributed by atoms with Crippen LogP contribution in [-0.4, -0.2) is 46.6 Å². The zero-order valence-electron chi connectivity index (χ0n) is 16.0. The Hall–Kier alpha value is -3.66. The van der Waals surface area contributed by atoms with Crippen molar-refractivity contribution in [3.63, 3.8) is 0 Å². The number of hydrogen-bond donors (Lipinski definition) is 0. The van der Waals surface area contributed by atoms with E-state index in [4.69, 9.17) is 14.7 Å². The third-order valence-electron chi connectivity index (χ3n) is 4.89. The van der Waals surface area contributed by atoms with E-state index >= 15 is 0 Å². The highest BCUT2D eigenvalue weighted by atomic mass is 16.5. The van der Waals surface area contributed by atoms with E-state index in [1.54, 1.807) is 4.90 Å². The van der Waals surface area contributed by atoms with Crippen LogP contribution in [0, 0.1) is 11.3 Å². The second-order valence-electron chi connectivity index (χ2n) is 6.69. The number of hydrogen-bond acceptors (Lipinski definition) is 6. The molecule has 2 heterocycles. The van der Waals surface area contributed by atoms with E-state index in [2.05, 4.69) is 9.97 Å². The van der Waals surface area contributed by atoms with Crippen molar-refractivity contribution in [3.8, 4) is 17.7 Å². The Kier molecular flexibility index (Phi) is 5.25.